The first-order valence-electron chi connectivity index (χ1n) is 5.80. The van der Waals surface area contributed by atoms with Crippen LogP contribution in [-0.4, -0.2) is 22.1 Å². The number of anilines is 1. The molecule has 2 heterocycles. The van der Waals surface area contributed by atoms with E-state index >= 15 is 0 Å². The van der Waals surface area contributed by atoms with Crippen LogP contribution in [0.5, 0.6) is 5.88 Å². The van der Waals surface area contributed by atoms with E-state index in [9.17, 15) is 0 Å². The maximum Gasteiger partial charge on any atom is 0.242 e. The van der Waals surface area contributed by atoms with Crippen molar-refractivity contribution in [3.8, 4) is 17.0 Å². The zero-order valence-electron chi connectivity index (χ0n) is 10.4. The lowest BCUT2D eigenvalue weighted by Crippen LogP contribution is -1.98. The number of hydrogen-bond acceptors (Lipinski definition) is 5. The van der Waals surface area contributed by atoms with Gasteiger partial charge < -0.3 is 10.5 Å². The Labute approximate surface area is 110 Å². The van der Waals surface area contributed by atoms with Crippen molar-refractivity contribution in [3.63, 3.8) is 0 Å². The molecule has 2 aromatic heterocycles. The fourth-order valence-corrected chi connectivity index (χ4v) is 1.97. The van der Waals surface area contributed by atoms with Gasteiger partial charge >= 0.3 is 0 Å². The van der Waals surface area contributed by atoms with E-state index in [1.165, 1.54) is 6.20 Å². The highest BCUT2D eigenvalue weighted by Gasteiger charge is 2.12. The van der Waals surface area contributed by atoms with Gasteiger partial charge in [0.25, 0.3) is 0 Å². The molecule has 0 saturated carbocycles. The highest BCUT2D eigenvalue weighted by atomic mass is 16.5. The van der Waals surface area contributed by atoms with Crippen molar-refractivity contribution in [1.82, 2.24) is 15.0 Å². The molecule has 0 saturated heterocycles. The van der Waals surface area contributed by atoms with Crippen molar-refractivity contribution in [2.24, 2.45) is 0 Å². The highest BCUT2D eigenvalue weighted by molar-refractivity contribution is 5.93. The largest absolute Gasteiger partial charge is 0.479 e. The van der Waals surface area contributed by atoms with Crippen molar-refractivity contribution in [2.75, 3.05) is 12.8 Å². The Morgan fingerprint density at radius 2 is 1.79 bits per heavy atom. The molecule has 0 unspecified atom stereocenters. The topological polar surface area (TPSA) is 73.9 Å². The van der Waals surface area contributed by atoms with Crippen LogP contribution in [0.1, 0.15) is 0 Å². The first kappa shape index (κ1) is 11.4. The molecule has 0 fully saturated rings. The van der Waals surface area contributed by atoms with Crippen LogP contribution in [0.15, 0.2) is 42.7 Å². The molecule has 1 aromatic carbocycles. The third-order valence-electron chi connectivity index (χ3n) is 2.84. The summed E-state index contributed by atoms with van der Waals surface area (Å²) in [7, 11) is 1.55. The smallest absolute Gasteiger partial charge is 0.242 e. The zero-order valence-corrected chi connectivity index (χ0v) is 10.4. The molecule has 0 spiro atoms. The molecule has 0 amide bonds. The molecule has 0 aliphatic carbocycles. The second-order valence-electron chi connectivity index (χ2n) is 4.04. The molecule has 94 valence electrons. The summed E-state index contributed by atoms with van der Waals surface area (Å²) >= 11 is 0. The molecule has 0 aliphatic heterocycles. The fourth-order valence-electron chi connectivity index (χ4n) is 1.97. The SMILES string of the molecule is COc1ncc(-c2ccccc2)c2ncc(N)nc12. The van der Waals surface area contributed by atoms with E-state index in [4.69, 9.17) is 10.5 Å². The first-order valence-corrected chi connectivity index (χ1v) is 5.80. The Balaban J connectivity index is 2.33. The highest BCUT2D eigenvalue weighted by Crippen LogP contribution is 2.30. The average molecular weight is 252 g/mol. The predicted octanol–water partition coefficient (Wildman–Crippen LogP) is 2.28. The molecule has 3 aromatic rings. The van der Waals surface area contributed by atoms with E-state index in [-0.39, 0.29) is 0 Å². The third-order valence-corrected chi connectivity index (χ3v) is 2.84. The van der Waals surface area contributed by atoms with Crippen molar-refractivity contribution in [3.05, 3.63) is 42.7 Å². The number of methoxy groups -OCH3 is 1. The molecule has 0 atom stereocenters. The van der Waals surface area contributed by atoms with Gasteiger partial charge in [0.15, 0.2) is 5.52 Å². The molecule has 0 aliphatic rings. The van der Waals surface area contributed by atoms with Crippen LogP contribution < -0.4 is 10.5 Å². The van der Waals surface area contributed by atoms with Gasteiger partial charge in [-0.2, -0.15) is 0 Å². The predicted molar refractivity (Wildman–Crippen MR) is 73.7 cm³/mol. The van der Waals surface area contributed by atoms with Gasteiger partial charge in [-0.25, -0.2) is 15.0 Å². The van der Waals surface area contributed by atoms with E-state index in [0.29, 0.717) is 17.2 Å². The Morgan fingerprint density at radius 3 is 2.53 bits per heavy atom. The molecule has 5 nitrogen and oxygen atoms in total. The maximum absolute atomic E-state index is 5.68. The summed E-state index contributed by atoms with van der Waals surface area (Å²) in [5, 5.41) is 0. The van der Waals surface area contributed by atoms with Crippen LogP contribution >= 0.6 is 0 Å². The normalized spacial score (nSPS) is 10.6. The van der Waals surface area contributed by atoms with E-state index in [1.807, 2.05) is 30.3 Å². The quantitative estimate of drug-likeness (QED) is 0.757. The Kier molecular flexibility index (Phi) is 2.72. The number of aromatic nitrogens is 3. The van der Waals surface area contributed by atoms with Gasteiger partial charge in [0.2, 0.25) is 5.88 Å². The lowest BCUT2D eigenvalue weighted by Gasteiger charge is -2.08. The number of rotatable bonds is 2. The molecular weight excluding hydrogens is 240 g/mol. The Morgan fingerprint density at radius 1 is 1.00 bits per heavy atom. The zero-order chi connectivity index (χ0) is 13.2. The van der Waals surface area contributed by atoms with Gasteiger partial charge in [0, 0.05) is 11.8 Å². The monoisotopic (exact) mass is 252 g/mol. The number of pyridine rings is 1. The lowest BCUT2D eigenvalue weighted by atomic mass is 10.1. The second-order valence-corrected chi connectivity index (χ2v) is 4.04. The van der Waals surface area contributed by atoms with Crippen molar-refractivity contribution in [1.29, 1.82) is 0 Å². The van der Waals surface area contributed by atoms with E-state index in [0.717, 1.165) is 16.6 Å². The number of nitrogens with two attached hydrogens (primary N) is 1. The molecule has 2 N–H and O–H groups in total. The van der Waals surface area contributed by atoms with Crippen LogP contribution in [0, 0.1) is 0 Å². The summed E-state index contributed by atoms with van der Waals surface area (Å²) in [6.45, 7) is 0. The first-order chi connectivity index (χ1) is 9.29. The minimum absolute atomic E-state index is 0.345. The van der Waals surface area contributed by atoms with Crippen molar-refractivity contribution < 1.29 is 4.74 Å². The van der Waals surface area contributed by atoms with Gasteiger partial charge in [-0.3, -0.25) is 0 Å². The van der Waals surface area contributed by atoms with E-state index in [1.54, 1.807) is 13.3 Å². The summed E-state index contributed by atoms with van der Waals surface area (Å²) in [6.07, 6.45) is 3.27. The summed E-state index contributed by atoms with van der Waals surface area (Å²) in [5.74, 6) is 0.771. The second kappa shape index (κ2) is 4.53. The number of nitrogen functional groups attached to an aromatic ring is 1. The molecule has 3 rings (SSSR count). The lowest BCUT2D eigenvalue weighted by molar-refractivity contribution is 0.402. The third kappa shape index (κ3) is 1.95. The van der Waals surface area contributed by atoms with Crippen LogP contribution in [0.4, 0.5) is 5.82 Å². The number of ether oxygens (including phenoxy) is 1. The van der Waals surface area contributed by atoms with Crippen LogP contribution in [0.3, 0.4) is 0 Å². The number of hydrogen-bond donors (Lipinski definition) is 1. The molecular formula is C14H12N4O. The molecule has 0 bridgehead atoms. The number of fused-ring (bicyclic) bond motifs is 1. The van der Waals surface area contributed by atoms with Crippen LogP contribution in [-0.2, 0) is 0 Å². The minimum Gasteiger partial charge on any atom is -0.479 e. The summed E-state index contributed by atoms with van der Waals surface area (Å²) in [5.41, 5.74) is 8.92. The Hall–Kier alpha value is -2.69. The van der Waals surface area contributed by atoms with Crippen molar-refractivity contribution in [2.45, 2.75) is 0 Å². The molecule has 5 heteroatoms. The van der Waals surface area contributed by atoms with Gasteiger partial charge in [0.1, 0.15) is 11.3 Å². The van der Waals surface area contributed by atoms with E-state index < -0.39 is 0 Å². The number of benzene rings is 1. The van der Waals surface area contributed by atoms with Crippen molar-refractivity contribution >= 4 is 16.9 Å². The van der Waals surface area contributed by atoms with Gasteiger partial charge in [0.05, 0.1) is 13.3 Å². The molecule has 19 heavy (non-hydrogen) atoms. The number of nitrogens with zero attached hydrogens (tertiary/aromatic N) is 3. The average Bonchev–Trinajstić information content (AvgIpc) is 2.47. The summed E-state index contributed by atoms with van der Waals surface area (Å²) in [6, 6.07) is 9.90. The minimum atomic E-state index is 0.345. The standard InChI is InChI=1S/C14H12N4O/c1-19-14-13-12(16-8-11(15)18-13)10(7-17-14)9-5-3-2-4-6-9/h2-8H,1H3,(H2,15,18). The van der Waals surface area contributed by atoms with Gasteiger partial charge in [-0.15, -0.1) is 0 Å². The van der Waals surface area contributed by atoms with Crippen LogP contribution in [0.2, 0.25) is 0 Å². The fraction of sp³-hybridized carbons (Fsp3) is 0.0714. The summed E-state index contributed by atoms with van der Waals surface area (Å²) in [4.78, 5) is 12.9. The van der Waals surface area contributed by atoms with E-state index in [2.05, 4.69) is 15.0 Å². The maximum atomic E-state index is 5.68. The molecule has 0 radical (unpaired) electrons. The Bertz CT molecular complexity index is 728. The van der Waals surface area contributed by atoms with Gasteiger partial charge in [-0.1, -0.05) is 30.3 Å². The van der Waals surface area contributed by atoms with Gasteiger partial charge in [-0.05, 0) is 5.56 Å². The summed E-state index contributed by atoms with van der Waals surface area (Å²) < 4.78 is 5.20. The van der Waals surface area contributed by atoms with Crippen LogP contribution in [0.25, 0.3) is 22.2 Å².